The largest absolute Gasteiger partial charge is 0.333 e. The molecule has 0 saturated carbocycles. The maximum Gasteiger partial charge on any atom is 0.0890 e. The summed E-state index contributed by atoms with van der Waals surface area (Å²) in [4.78, 5) is 15.2. The van der Waals surface area contributed by atoms with Crippen molar-refractivity contribution < 1.29 is 0 Å². The van der Waals surface area contributed by atoms with Crippen LogP contribution in [0.3, 0.4) is 0 Å². The molecule has 0 fully saturated rings. The minimum absolute atomic E-state index is 0.198. The second kappa shape index (κ2) is 14.1. The summed E-state index contributed by atoms with van der Waals surface area (Å²) in [6, 6.07) is 33.7. The van der Waals surface area contributed by atoms with Crippen LogP contribution in [0.15, 0.2) is 192 Å². The first kappa shape index (κ1) is 33.7. The number of benzene rings is 3. The third-order valence-electron chi connectivity index (χ3n) is 12.3. The molecule has 4 aliphatic carbocycles. The van der Waals surface area contributed by atoms with E-state index in [0.717, 1.165) is 66.0 Å². The second-order valence-electron chi connectivity index (χ2n) is 15.6. The van der Waals surface area contributed by atoms with E-state index in [9.17, 15) is 0 Å². The predicted octanol–water partition coefficient (Wildman–Crippen LogP) is 12.9. The molecule has 0 amide bonds. The number of aliphatic imine (C=N–C) groups is 1. The molecule has 0 radical (unpaired) electrons. The van der Waals surface area contributed by atoms with Crippen LogP contribution in [0.25, 0.3) is 44.3 Å². The van der Waals surface area contributed by atoms with Gasteiger partial charge < -0.3 is 4.57 Å². The third-order valence-corrected chi connectivity index (χ3v) is 12.3. The molecule has 0 bridgehead atoms. The van der Waals surface area contributed by atoms with Crippen molar-refractivity contribution in [2.24, 2.45) is 10.9 Å². The van der Waals surface area contributed by atoms with Crippen LogP contribution in [0.5, 0.6) is 0 Å². The van der Waals surface area contributed by atoms with Crippen molar-refractivity contribution in [3.8, 4) is 11.3 Å². The number of aromatic nitrogens is 3. The molecule has 3 aromatic carbocycles. The highest BCUT2D eigenvalue weighted by molar-refractivity contribution is 6.12. The van der Waals surface area contributed by atoms with Crippen LogP contribution in [0.2, 0.25) is 0 Å². The summed E-state index contributed by atoms with van der Waals surface area (Å²) >= 11 is 0. The van der Waals surface area contributed by atoms with Gasteiger partial charge in [-0.05, 0) is 107 Å². The Kier molecular flexibility index (Phi) is 8.35. The Balaban J connectivity index is 0.971. The Bertz CT molecular complexity index is 2880. The zero-order valence-electron chi connectivity index (χ0n) is 31.8. The van der Waals surface area contributed by atoms with E-state index in [4.69, 9.17) is 9.98 Å². The highest BCUT2D eigenvalue weighted by Crippen LogP contribution is 2.51. The van der Waals surface area contributed by atoms with Gasteiger partial charge in [0.15, 0.2) is 0 Å². The van der Waals surface area contributed by atoms with Crippen LogP contribution in [0.4, 0.5) is 0 Å². The molecule has 0 N–H and O–H groups in total. The lowest BCUT2D eigenvalue weighted by molar-refractivity contribution is 0.648. The smallest absolute Gasteiger partial charge is 0.0890 e. The van der Waals surface area contributed by atoms with E-state index >= 15 is 0 Å². The maximum absolute atomic E-state index is 5.32. The van der Waals surface area contributed by atoms with E-state index in [2.05, 4.69) is 173 Å². The molecule has 4 nitrogen and oxygen atoms in total. The van der Waals surface area contributed by atoms with Gasteiger partial charge in [-0.3, -0.25) is 9.98 Å². The van der Waals surface area contributed by atoms with E-state index in [-0.39, 0.29) is 17.9 Å². The van der Waals surface area contributed by atoms with Crippen LogP contribution < -0.4 is 0 Å². The van der Waals surface area contributed by atoms with Gasteiger partial charge in [-0.2, -0.15) is 0 Å². The fraction of sp³-hybridized carbons (Fsp3) is 0.151. The number of nitrogens with zero attached hydrogens (tertiary/aromatic N) is 4. The van der Waals surface area contributed by atoms with E-state index in [0.29, 0.717) is 0 Å². The summed E-state index contributed by atoms with van der Waals surface area (Å²) < 4.78 is 2.46. The Labute approximate surface area is 333 Å². The summed E-state index contributed by atoms with van der Waals surface area (Å²) in [7, 11) is 0. The third kappa shape index (κ3) is 5.87. The van der Waals surface area contributed by atoms with Gasteiger partial charge in [0, 0.05) is 51.8 Å². The first-order chi connectivity index (χ1) is 28.3. The van der Waals surface area contributed by atoms with Gasteiger partial charge in [0.05, 0.1) is 28.6 Å². The second-order valence-corrected chi connectivity index (χ2v) is 15.6. The van der Waals surface area contributed by atoms with Crippen molar-refractivity contribution in [3.05, 3.63) is 215 Å². The van der Waals surface area contributed by atoms with Crippen LogP contribution in [-0.4, -0.2) is 20.2 Å². The minimum atomic E-state index is 0.198. The summed E-state index contributed by atoms with van der Waals surface area (Å²) in [5.74, 6) is 0.447. The topological polar surface area (TPSA) is 43.1 Å². The fourth-order valence-corrected chi connectivity index (χ4v) is 9.72. The molecule has 11 rings (SSSR count). The average Bonchev–Trinajstić information content (AvgIpc) is 3.62. The molecule has 3 aromatic heterocycles. The van der Waals surface area contributed by atoms with Crippen molar-refractivity contribution >= 4 is 38.8 Å². The standard InChI is InChI=1S/C53H42N4/c1-4-14-35(15-5-1)52-40-20-10-11-21-41(40)53(36-16-6-2-7-17-36)44-33-37(26-28-42(44)52)46-22-12-24-48(55-46)49-25-13-23-47(56-49)38-27-29-50-43(32-38)45-34-54-31-30-51(45)57(50)39-18-8-3-9-19-39/h2-4,6-12,14-18,20-22,24-34,39,41,53H,1,5,13,19,23H2. The zero-order valence-corrected chi connectivity index (χ0v) is 31.8. The highest BCUT2D eigenvalue weighted by atomic mass is 15.0. The van der Waals surface area contributed by atoms with Crippen molar-refractivity contribution in [2.75, 3.05) is 0 Å². The number of hydrogen-bond acceptors (Lipinski definition) is 3. The summed E-state index contributed by atoms with van der Waals surface area (Å²) in [5.41, 5.74) is 16.8. The lowest BCUT2D eigenvalue weighted by Crippen LogP contribution is -2.23. The average molecular weight is 735 g/mol. The number of pyridine rings is 2. The monoisotopic (exact) mass is 734 g/mol. The van der Waals surface area contributed by atoms with Gasteiger partial charge in [-0.15, -0.1) is 0 Å². The molecule has 1 aliphatic heterocycles. The van der Waals surface area contributed by atoms with Crippen LogP contribution in [0.1, 0.15) is 72.0 Å². The summed E-state index contributed by atoms with van der Waals surface area (Å²) in [5, 5.41) is 2.40. The molecule has 0 spiro atoms. The van der Waals surface area contributed by atoms with Gasteiger partial charge in [0.25, 0.3) is 0 Å². The van der Waals surface area contributed by atoms with Gasteiger partial charge >= 0.3 is 0 Å². The van der Waals surface area contributed by atoms with Crippen molar-refractivity contribution in [3.63, 3.8) is 0 Å². The summed E-state index contributed by atoms with van der Waals surface area (Å²) in [6.07, 6.45) is 36.2. The Morgan fingerprint density at radius 3 is 2.46 bits per heavy atom. The van der Waals surface area contributed by atoms with Crippen molar-refractivity contribution in [1.29, 1.82) is 0 Å². The Morgan fingerprint density at radius 2 is 1.56 bits per heavy atom. The van der Waals surface area contributed by atoms with Gasteiger partial charge in [0.2, 0.25) is 0 Å². The molecule has 57 heavy (non-hydrogen) atoms. The minimum Gasteiger partial charge on any atom is -0.333 e. The molecule has 5 aliphatic rings. The molecule has 3 atom stereocenters. The highest BCUT2D eigenvalue weighted by Gasteiger charge is 2.36. The zero-order chi connectivity index (χ0) is 37.7. The van der Waals surface area contributed by atoms with Crippen molar-refractivity contribution in [1.82, 2.24) is 14.5 Å². The van der Waals surface area contributed by atoms with Gasteiger partial charge in [-0.25, -0.2) is 4.98 Å². The lowest BCUT2D eigenvalue weighted by atomic mass is 9.66. The Morgan fingerprint density at radius 1 is 0.667 bits per heavy atom. The van der Waals surface area contributed by atoms with Crippen LogP contribution in [-0.2, 0) is 0 Å². The van der Waals surface area contributed by atoms with E-state index in [1.54, 1.807) is 0 Å². The van der Waals surface area contributed by atoms with Crippen molar-refractivity contribution in [2.45, 2.75) is 44.1 Å². The Hall–Kier alpha value is -6.65. The SMILES string of the molecule is C1=CCC(n2c3ccncc3c3cc(C4=NC(c5cccc(-c6ccc7c(c6)C(c6ccccc6)C6C=CC=CC6=C7C6=CCCC=C6)n5)=CCC4)ccc32)C=C1. The molecule has 3 unspecified atom stereocenters. The number of fused-ring (bicyclic) bond motifs is 5. The molecular formula is C53H42N4. The molecular weight excluding hydrogens is 693 g/mol. The maximum atomic E-state index is 5.32. The quantitative estimate of drug-likeness (QED) is 0.171. The van der Waals surface area contributed by atoms with Gasteiger partial charge in [-0.1, -0.05) is 128 Å². The van der Waals surface area contributed by atoms with E-state index in [1.807, 2.05) is 12.4 Å². The number of hydrogen-bond donors (Lipinski definition) is 0. The van der Waals surface area contributed by atoms with E-state index in [1.165, 1.54) is 55.2 Å². The van der Waals surface area contributed by atoms with E-state index < -0.39 is 0 Å². The molecule has 4 heterocycles. The molecule has 274 valence electrons. The number of rotatable bonds is 6. The summed E-state index contributed by atoms with van der Waals surface area (Å²) in [6.45, 7) is 0. The van der Waals surface area contributed by atoms with Crippen LogP contribution in [0, 0.1) is 5.92 Å². The first-order valence-electron chi connectivity index (χ1n) is 20.4. The normalized spacial score (nSPS) is 21.1. The molecule has 4 heteroatoms. The first-order valence-corrected chi connectivity index (χ1v) is 20.4. The van der Waals surface area contributed by atoms with Gasteiger partial charge in [0.1, 0.15) is 0 Å². The molecule has 0 saturated heterocycles. The predicted molar refractivity (Wildman–Crippen MR) is 236 cm³/mol. The van der Waals surface area contributed by atoms with Crippen LogP contribution >= 0.6 is 0 Å². The number of allylic oxidation sites excluding steroid dienone is 15. The fourth-order valence-electron chi connectivity index (χ4n) is 9.72. The molecule has 6 aromatic rings. The lowest BCUT2D eigenvalue weighted by Gasteiger charge is -2.37.